The Morgan fingerprint density at radius 1 is 0.938 bits per heavy atom. The Hall–Kier alpha value is -3.93. The highest BCUT2D eigenvalue weighted by Gasteiger charge is 2.13. The van der Waals surface area contributed by atoms with Crippen molar-refractivity contribution in [1.29, 1.82) is 5.26 Å². The Balaban J connectivity index is 1.46. The van der Waals surface area contributed by atoms with Gasteiger partial charge in [-0.05, 0) is 48.5 Å². The molecule has 3 heterocycles. The zero-order chi connectivity index (χ0) is 21.8. The number of hydrogen-bond donors (Lipinski definition) is 1. The summed E-state index contributed by atoms with van der Waals surface area (Å²) in [7, 11) is 0. The van der Waals surface area contributed by atoms with Gasteiger partial charge >= 0.3 is 0 Å². The van der Waals surface area contributed by atoms with Crippen molar-refractivity contribution in [1.82, 2.24) is 15.0 Å². The number of para-hydroxylation sites is 1. The minimum atomic E-state index is 0.567. The number of anilines is 2. The van der Waals surface area contributed by atoms with Gasteiger partial charge in [-0.3, -0.25) is 0 Å². The summed E-state index contributed by atoms with van der Waals surface area (Å²) in [6.45, 7) is 0. The van der Waals surface area contributed by atoms with Gasteiger partial charge in [-0.2, -0.15) is 5.26 Å². The average molecular weight is 454 g/mol. The standard InChI is InChI=1S/C24H15N5OS2/c25-14-16-8-10-18(11-9-16)31-19-13-21(30-17-5-2-1-3-6-17)22(27-15-19)29-24-28-20-7-4-12-26-23(20)32-24/h1-13,15H,(H,27,28,29). The van der Waals surface area contributed by atoms with E-state index >= 15 is 0 Å². The molecule has 3 aromatic heterocycles. The number of nitrogens with one attached hydrogen (secondary N) is 1. The first-order valence-electron chi connectivity index (χ1n) is 9.66. The Morgan fingerprint density at radius 2 is 1.78 bits per heavy atom. The van der Waals surface area contributed by atoms with Gasteiger partial charge in [0, 0.05) is 28.3 Å². The highest BCUT2D eigenvalue weighted by molar-refractivity contribution is 7.99. The highest BCUT2D eigenvalue weighted by Crippen LogP contribution is 2.37. The third kappa shape index (κ3) is 4.54. The van der Waals surface area contributed by atoms with Crippen LogP contribution in [0.3, 0.4) is 0 Å². The third-order valence-electron chi connectivity index (χ3n) is 4.41. The largest absolute Gasteiger partial charge is 0.453 e. The van der Waals surface area contributed by atoms with E-state index in [0.717, 1.165) is 20.1 Å². The number of aromatic nitrogens is 3. The van der Waals surface area contributed by atoms with E-state index in [1.807, 2.05) is 60.7 Å². The van der Waals surface area contributed by atoms with Gasteiger partial charge < -0.3 is 10.1 Å². The minimum Gasteiger partial charge on any atom is -0.453 e. The average Bonchev–Trinajstić information content (AvgIpc) is 3.24. The van der Waals surface area contributed by atoms with Crippen molar-refractivity contribution in [3.8, 4) is 17.6 Å². The lowest BCUT2D eigenvalue weighted by atomic mass is 10.2. The Labute approximate surface area is 192 Å². The number of fused-ring (bicyclic) bond motifs is 1. The zero-order valence-electron chi connectivity index (χ0n) is 16.6. The van der Waals surface area contributed by atoms with Crippen LogP contribution in [0.2, 0.25) is 0 Å². The van der Waals surface area contributed by atoms with E-state index in [1.165, 1.54) is 11.3 Å². The van der Waals surface area contributed by atoms with E-state index in [2.05, 4.69) is 26.3 Å². The SMILES string of the molecule is N#Cc1ccc(Sc2cnc(Nc3nc4cccnc4s3)c(Oc3ccccc3)c2)cc1. The third-order valence-corrected chi connectivity index (χ3v) is 6.27. The number of ether oxygens (including phenoxy) is 1. The second kappa shape index (κ2) is 9.06. The molecule has 0 unspecified atom stereocenters. The van der Waals surface area contributed by atoms with E-state index in [-0.39, 0.29) is 0 Å². The summed E-state index contributed by atoms with van der Waals surface area (Å²) in [5, 5.41) is 13.0. The van der Waals surface area contributed by atoms with Crippen molar-refractivity contribution < 1.29 is 4.74 Å². The Kier molecular flexibility index (Phi) is 5.66. The molecular formula is C24H15N5OS2. The van der Waals surface area contributed by atoms with Gasteiger partial charge in [0.1, 0.15) is 16.1 Å². The predicted octanol–water partition coefficient (Wildman–Crippen LogP) is 6.65. The number of benzene rings is 2. The number of pyridine rings is 2. The number of rotatable bonds is 6. The maximum absolute atomic E-state index is 8.99. The second-order valence-electron chi connectivity index (χ2n) is 6.64. The first-order chi connectivity index (χ1) is 15.8. The topological polar surface area (TPSA) is 83.7 Å². The van der Waals surface area contributed by atoms with Gasteiger partial charge in [-0.1, -0.05) is 41.3 Å². The molecule has 0 atom stereocenters. The fourth-order valence-electron chi connectivity index (χ4n) is 2.93. The second-order valence-corrected chi connectivity index (χ2v) is 8.77. The van der Waals surface area contributed by atoms with E-state index in [4.69, 9.17) is 10.00 Å². The van der Waals surface area contributed by atoms with E-state index in [9.17, 15) is 0 Å². The molecule has 0 aliphatic carbocycles. The Morgan fingerprint density at radius 3 is 2.56 bits per heavy atom. The lowest BCUT2D eigenvalue weighted by Gasteiger charge is -2.12. The van der Waals surface area contributed by atoms with Crippen LogP contribution in [0.5, 0.6) is 11.5 Å². The van der Waals surface area contributed by atoms with Gasteiger partial charge in [0.05, 0.1) is 11.6 Å². The van der Waals surface area contributed by atoms with Crippen molar-refractivity contribution in [2.45, 2.75) is 9.79 Å². The summed E-state index contributed by atoms with van der Waals surface area (Å²) < 4.78 is 6.15. The van der Waals surface area contributed by atoms with Crippen LogP contribution in [0.25, 0.3) is 10.3 Å². The van der Waals surface area contributed by atoms with Crippen LogP contribution in [-0.4, -0.2) is 15.0 Å². The van der Waals surface area contributed by atoms with Crippen molar-refractivity contribution in [3.63, 3.8) is 0 Å². The van der Waals surface area contributed by atoms with Crippen molar-refractivity contribution in [3.05, 3.63) is 90.8 Å². The molecule has 5 aromatic rings. The van der Waals surface area contributed by atoms with Crippen molar-refractivity contribution in [2.75, 3.05) is 5.32 Å². The smallest absolute Gasteiger partial charge is 0.191 e. The van der Waals surface area contributed by atoms with E-state index in [1.54, 1.807) is 36.3 Å². The van der Waals surface area contributed by atoms with Crippen LogP contribution >= 0.6 is 23.1 Å². The number of nitriles is 1. The molecule has 1 N–H and O–H groups in total. The summed E-state index contributed by atoms with van der Waals surface area (Å²) >= 11 is 3.00. The molecule has 5 rings (SSSR count). The lowest BCUT2D eigenvalue weighted by molar-refractivity contribution is 0.481. The quantitative estimate of drug-likeness (QED) is 0.308. The number of nitrogens with zero attached hydrogens (tertiary/aromatic N) is 4. The summed E-state index contributed by atoms with van der Waals surface area (Å²) in [5.41, 5.74) is 1.46. The van der Waals surface area contributed by atoms with Gasteiger partial charge in [0.2, 0.25) is 0 Å². The minimum absolute atomic E-state index is 0.567. The molecule has 6 nitrogen and oxygen atoms in total. The summed E-state index contributed by atoms with van der Waals surface area (Å²) in [4.78, 5) is 16.3. The monoisotopic (exact) mass is 453 g/mol. The van der Waals surface area contributed by atoms with Gasteiger partial charge in [-0.25, -0.2) is 15.0 Å². The fraction of sp³-hybridized carbons (Fsp3) is 0. The number of hydrogen-bond acceptors (Lipinski definition) is 8. The highest BCUT2D eigenvalue weighted by atomic mass is 32.2. The molecule has 0 spiro atoms. The van der Waals surface area contributed by atoms with Crippen LogP contribution in [0.4, 0.5) is 10.9 Å². The zero-order valence-corrected chi connectivity index (χ0v) is 18.2. The van der Waals surface area contributed by atoms with Gasteiger partial charge in [0.25, 0.3) is 0 Å². The van der Waals surface area contributed by atoms with Gasteiger partial charge in [-0.15, -0.1) is 0 Å². The summed E-state index contributed by atoms with van der Waals surface area (Å²) in [6, 6.07) is 24.9. The maximum Gasteiger partial charge on any atom is 0.191 e. The Bertz CT molecular complexity index is 1380. The molecule has 0 amide bonds. The normalized spacial score (nSPS) is 10.6. The van der Waals surface area contributed by atoms with Crippen molar-refractivity contribution >= 4 is 44.4 Å². The predicted molar refractivity (Wildman–Crippen MR) is 127 cm³/mol. The van der Waals surface area contributed by atoms with Crippen LogP contribution in [0, 0.1) is 11.3 Å². The summed E-state index contributed by atoms with van der Waals surface area (Å²) in [6.07, 6.45) is 3.54. The molecule has 0 fully saturated rings. The van der Waals surface area contributed by atoms with Gasteiger partial charge in [0.15, 0.2) is 16.7 Å². The molecule has 0 saturated carbocycles. The first-order valence-corrected chi connectivity index (χ1v) is 11.3. The molecule has 0 bridgehead atoms. The molecule has 0 radical (unpaired) electrons. The van der Waals surface area contributed by atoms with Crippen molar-refractivity contribution in [2.24, 2.45) is 0 Å². The molecular weight excluding hydrogens is 438 g/mol. The summed E-state index contributed by atoms with van der Waals surface area (Å²) in [5.74, 6) is 1.86. The maximum atomic E-state index is 8.99. The molecule has 8 heteroatoms. The number of thiazole rings is 1. The van der Waals surface area contributed by atoms with Crippen LogP contribution in [-0.2, 0) is 0 Å². The molecule has 0 saturated heterocycles. The van der Waals surface area contributed by atoms with E-state index in [0.29, 0.717) is 28.0 Å². The molecule has 0 aliphatic rings. The van der Waals surface area contributed by atoms with Crippen LogP contribution < -0.4 is 10.1 Å². The van der Waals surface area contributed by atoms with Crippen LogP contribution in [0.1, 0.15) is 5.56 Å². The van der Waals surface area contributed by atoms with E-state index < -0.39 is 0 Å². The molecule has 154 valence electrons. The first kappa shape index (κ1) is 20.0. The molecule has 32 heavy (non-hydrogen) atoms. The lowest BCUT2D eigenvalue weighted by Crippen LogP contribution is -1.97. The molecule has 0 aliphatic heterocycles. The molecule has 2 aromatic carbocycles. The van der Waals surface area contributed by atoms with Crippen LogP contribution in [0.15, 0.2) is 95.0 Å². The fourth-order valence-corrected chi connectivity index (χ4v) is 4.55.